The molecular weight excluding hydrogens is 342 g/mol. The summed E-state index contributed by atoms with van der Waals surface area (Å²) in [6.07, 6.45) is 0. The minimum Gasteiger partial charge on any atom is -0.495 e. The maximum atomic E-state index is 12.9. The van der Waals surface area contributed by atoms with Crippen LogP contribution in [-0.4, -0.2) is 56.1 Å². The number of benzene rings is 1. The van der Waals surface area contributed by atoms with Crippen LogP contribution in [-0.2, 0) is 16.6 Å². The number of nitrogens with zero attached hydrogens (tertiary/aromatic N) is 3. The molecule has 2 aromatic rings. The third-order valence-corrected chi connectivity index (χ3v) is 6.52. The highest BCUT2D eigenvalue weighted by atomic mass is 32.2. The van der Waals surface area contributed by atoms with Crippen LogP contribution in [0.1, 0.15) is 17.0 Å². The van der Waals surface area contributed by atoms with Gasteiger partial charge in [0.05, 0.1) is 12.8 Å². The van der Waals surface area contributed by atoms with Crippen molar-refractivity contribution in [2.75, 3.05) is 33.3 Å². The van der Waals surface area contributed by atoms with Crippen molar-refractivity contribution in [3.05, 3.63) is 41.3 Å². The van der Waals surface area contributed by atoms with Crippen molar-refractivity contribution in [3.63, 3.8) is 0 Å². The van der Waals surface area contributed by atoms with Gasteiger partial charge in [0.25, 0.3) is 0 Å². The minimum absolute atomic E-state index is 0.219. The van der Waals surface area contributed by atoms with E-state index in [4.69, 9.17) is 9.26 Å². The van der Waals surface area contributed by atoms with Crippen molar-refractivity contribution < 1.29 is 17.7 Å². The highest BCUT2D eigenvalue weighted by Gasteiger charge is 2.31. The van der Waals surface area contributed by atoms with E-state index >= 15 is 0 Å². The van der Waals surface area contributed by atoms with Gasteiger partial charge in [-0.15, -0.1) is 0 Å². The molecule has 1 aliphatic rings. The lowest BCUT2D eigenvalue weighted by Gasteiger charge is -2.34. The third-order valence-electron chi connectivity index (χ3n) is 4.58. The second kappa shape index (κ2) is 7.15. The van der Waals surface area contributed by atoms with Crippen molar-refractivity contribution in [1.82, 2.24) is 14.4 Å². The summed E-state index contributed by atoms with van der Waals surface area (Å²) in [6.45, 7) is 6.78. The van der Waals surface area contributed by atoms with Crippen LogP contribution in [0.25, 0.3) is 0 Å². The summed E-state index contributed by atoms with van der Waals surface area (Å²) >= 11 is 0. The Morgan fingerprint density at radius 2 is 1.84 bits per heavy atom. The Balaban J connectivity index is 1.69. The number of hydrogen-bond donors (Lipinski definition) is 0. The fraction of sp³-hybridized carbons (Fsp3) is 0.471. The molecule has 3 rings (SSSR count). The van der Waals surface area contributed by atoms with Crippen LogP contribution in [0.4, 0.5) is 0 Å². The maximum absolute atomic E-state index is 12.9. The molecule has 0 atom stereocenters. The van der Waals surface area contributed by atoms with Crippen LogP contribution in [0, 0.1) is 13.8 Å². The summed E-state index contributed by atoms with van der Waals surface area (Å²) in [5.41, 5.74) is 1.97. The Morgan fingerprint density at radius 1 is 1.16 bits per heavy atom. The fourth-order valence-electron chi connectivity index (χ4n) is 3.05. The summed E-state index contributed by atoms with van der Waals surface area (Å²) in [4.78, 5) is 2.44. The number of para-hydroxylation sites is 1. The van der Waals surface area contributed by atoms with Crippen molar-refractivity contribution in [2.45, 2.75) is 25.3 Å². The number of aromatic nitrogens is 1. The number of sulfonamides is 1. The molecule has 0 radical (unpaired) electrons. The van der Waals surface area contributed by atoms with E-state index in [-0.39, 0.29) is 4.90 Å². The van der Waals surface area contributed by atoms with E-state index in [1.165, 1.54) is 11.4 Å². The highest BCUT2D eigenvalue weighted by molar-refractivity contribution is 7.89. The highest BCUT2D eigenvalue weighted by Crippen LogP contribution is 2.27. The molecular formula is C17H23N3O4S. The zero-order valence-corrected chi connectivity index (χ0v) is 15.5. The number of aryl methyl sites for hydroxylation is 2. The monoisotopic (exact) mass is 365 g/mol. The zero-order chi connectivity index (χ0) is 18.0. The van der Waals surface area contributed by atoms with Gasteiger partial charge in [-0.1, -0.05) is 17.3 Å². The minimum atomic E-state index is -3.56. The quantitative estimate of drug-likeness (QED) is 0.804. The van der Waals surface area contributed by atoms with Crippen LogP contribution < -0.4 is 4.74 Å². The predicted molar refractivity (Wildman–Crippen MR) is 93.0 cm³/mol. The molecule has 0 amide bonds. The predicted octanol–water partition coefficient (Wildman–Crippen LogP) is 1.81. The van der Waals surface area contributed by atoms with Crippen LogP contribution in [0.15, 0.2) is 33.7 Å². The van der Waals surface area contributed by atoms with E-state index in [1.54, 1.807) is 24.3 Å². The lowest BCUT2D eigenvalue weighted by molar-refractivity contribution is 0.180. The largest absolute Gasteiger partial charge is 0.495 e. The molecule has 1 aliphatic heterocycles. The van der Waals surface area contributed by atoms with E-state index < -0.39 is 10.0 Å². The molecule has 1 saturated heterocycles. The zero-order valence-electron chi connectivity index (χ0n) is 14.7. The third kappa shape index (κ3) is 3.56. The Kier molecular flexibility index (Phi) is 5.12. The Bertz CT molecular complexity index is 820. The molecule has 0 spiro atoms. The van der Waals surface area contributed by atoms with E-state index in [0.29, 0.717) is 31.9 Å². The van der Waals surface area contributed by atoms with Gasteiger partial charge in [-0.05, 0) is 26.0 Å². The number of hydrogen-bond acceptors (Lipinski definition) is 6. The Labute approximate surface area is 148 Å². The van der Waals surface area contributed by atoms with Crippen LogP contribution >= 0.6 is 0 Å². The van der Waals surface area contributed by atoms with Gasteiger partial charge in [-0.25, -0.2) is 8.42 Å². The van der Waals surface area contributed by atoms with Gasteiger partial charge in [0, 0.05) is 38.3 Å². The number of piperazine rings is 1. The average Bonchev–Trinajstić information content (AvgIpc) is 2.94. The molecule has 0 unspecified atom stereocenters. The van der Waals surface area contributed by atoms with Crippen LogP contribution in [0.3, 0.4) is 0 Å². The van der Waals surface area contributed by atoms with Crippen molar-refractivity contribution in [2.24, 2.45) is 0 Å². The standard InChI is InChI=1S/C17H23N3O4S/c1-13-15(14(2)24-18-13)12-19-8-10-20(11-9-19)25(21,22)17-7-5-4-6-16(17)23-3/h4-7H,8-12H2,1-3H3. The van der Waals surface area contributed by atoms with Gasteiger partial charge in [0.15, 0.2) is 0 Å². The Hall–Kier alpha value is -1.90. The van der Waals surface area contributed by atoms with Gasteiger partial charge in [-0.2, -0.15) is 4.31 Å². The first-order chi connectivity index (χ1) is 11.9. The lowest BCUT2D eigenvalue weighted by atomic mass is 10.2. The van der Waals surface area contributed by atoms with E-state index in [0.717, 1.165) is 23.6 Å². The van der Waals surface area contributed by atoms with Gasteiger partial charge in [0.1, 0.15) is 16.4 Å². The molecule has 0 N–H and O–H groups in total. The topological polar surface area (TPSA) is 75.9 Å². The van der Waals surface area contributed by atoms with Crippen molar-refractivity contribution in [3.8, 4) is 5.75 Å². The number of ether oxygens (including phenoxy) is 1. The fourth-order valence-corrected chi connectivity index (χ4v) is 4.63. The first-order valence-corrected chi connectivity index (χ1v) is 9.64. The first-order valence-electron chi connectivity index (χ1n) is 8.20. The summed E-state index contributed by atoms with van der Waals surface area (Å²) in [5.74, 6) is 1.20. The molecule has 8 heteroatoms. The SMILES string of the molecule is COc1ccccc1S(=O)(=O)N1CCN(Cc2c(C)noc2C)CC1. The molecule has 136 valence electrons. The second-order valence-corrected chi connectivity index (χ2v) is 8.04. The second-order valence-electron chi connectivity index (χ2n) is 6.13. The lowest BCUT2D eigenvalue weighted by Crippen LogP contribution is -2.48. The van der Waals surface area contributed by atoms with Crippen molar-refractivity contribution in [1.29, 1.82) is 0 Å². The summed E-state index contributed by atoms with van der Waals surface area (Å²) in [7, 11) is -2.07. The van der Waals surface area contributed by atoms with Gasteiger partial charge >= 0.3 is 0 Å². The van der Waals surface area contributed by atoms with Crippen molar-refractivity contribution >= 4 is 10.0 Å². The van der Waals surface area contributed by atoms with Crippen LogP contribution in [0.2, 0.25) is 0 Å². The first kappa shape index (κ1) is 17.9. The average molecular weight is 365 g/mol. The molecule has 0 bridgehead atoms. The molecule has 1 fully saturated rings. The summed E-state index contributed by atoms with van der Waals surface area (Å²) in [5, 5.41) is 3.97. The molecule has 0 aliphatic carbocycles. The smallest absolute Gasteiger partial charge is 0.246 e. The van der Waals surface area contributed by atoms with E-state index in [9.17, 15) is 8.42 Å². The molecule has 25 heavy (non-hydrogen) atoms. The molecule has 0 saturated carbocycles. The van der Waals surface area contributed by atoms with Gasteiger partial charge < -0.3 is 9.26 Å². The van der Waals surface area contributed by atoms with Crippen LogP contribution in [0.5, 0.6) is 5.75 Å². The van der Waals surface area contributed by atoms with Gasteiger partial charge in [-0.3, -0.25) is 4.90 Å². The molecule has 7 nitrogen and oxygen atoms in total. The maximum Gasteiger partial charge on any atom is 0.246 e. The molecule has 1 aromatic carbocycles. The number of rotatable bonds is 5. The molecule has 1 aromatic heterocycles. The molecule has 2 heterocycles. The van der Waals surface area contributed by atoms with E-state index in [1.807, 2.05) is 13.8 Å². The summed E-state index contributed by atoms with van der Waals surface area (Å²) in [6, 6.07) is 6.73. The Morgan fingerprint density at radius 3 is 2.44 bits per heavy atom. The normalized spacial score (nSPS) is 16.9. The van der Waals surface area contributed by atoms with E-state index in [2.05, 4.69) is 10.1 Å². The summed E-state index contributed by atoms with van der Waals surface area (Å²) < 4.78 is 37.7. The van der Waals surface area contributed by atoms with Gasteiger partial charge in [0.2, 0.25) is 10.0 Å². The number of methoxy groups -OCH3 is 1.